The molecule has 0 bridgehead atoms. The number of rotatable bonds is 9. The van der Waals surface area contributed by atoms with E-state index in [1.165, 1.54) is 18.4 Å². The second-order valence-corrected chi connectivity index (χ2v) is 17.3. The summed E-state index contributed by atoms with van der Waals surface area (Å²) in [4.78, 5) is 2.63. The molecule has 1 saturated heterocycles. The van der Waals surface area contributed by atoms with Crippen molar-refractivity contribution >= 4 is 19.9 Å². The molecule has 0 radical (unpaired) electrons. The predicted octanol–water partition coefficient (Wildman–Crippen LogP) is 7.88. The third-order valence-electron chi connectivity index (χ3n) is 7.68. The van der Waals surface area contributed by atoms with E-state index in [1.54, 1.807) is 0 Å². The molecule has 0 amide bonds. The third kappa shape index (κ3) is 6.82. The van der Waals surface area contributed by atoms with Crippen LogP contribution in [0.15, 0.2) is 24.3 Å². The van der Waals surface area contributed by atoms with E-state index in [-0.39, 0.29) is 16.2 Å². The third-order valence-corrected chi connectivity index (χ3v) is 12.4. The van der Waals surface area contributed by atoms with Crippen LogP contribution in [0.1, 0.15) is 79.7 Å². The van der Waals surface area contributed by atoms with Gasteiger partial charge in [0, 0.05) is 23.0 Å². The van der Waals surface area contributed by atoms with Crippen molar-refractivity contribution in [3.63, 3.8) is 0 Å². The first-order valence-corrected chi connectivity index (χ1v) is 15.8. The Morgan fingerprint density at radius 1 is 1.09 bits per heavy atom. The first kappa shape index (κ1) is 27.8. The van der Waals surface area contributed by atoms with Gasteiger partial charge in [-0.3, -0.25) is 4.90 Å². The molecule has 5 heteroatoms. The molecule has 2 rings (SSSR count). The first-order valence-electron chi connectivity index (χ1n) is 12.5. The molecule has 0 aromatic heterocycles. The average molecular weight is 482 g/mol. The number of benzene rings is 1. The van der Waals surface area contributed by atoms with Gasteiger partial charge in [-0.25, -0.2) is 0 Å². The summed E-state index contributed by atoms with van der Waals surface area (Å²) in [6, 6.07) is 8.38. The van der Waals surface area contributed by atoms with Crippen LogP contribution in [-0.4, -0.2) is 45.1 Å². The molecule has 1 heterocycles. The largest absolute Gasteiger partial charge is 0.414 e. The Kier molecular flexibility index (Phi) is 9.49. The molecule has 1 aromatic carbocycles. The van der Waals surface area contributed by atoms with Crippen molar-refractivity contribution < 1.29 is 9.16 Å². The summed E-state index contributed by atoms with van der Waals surface area (Å²) in [6.45, 7) is 24.2. The zero-order valence-electron chi connectivity index (χ0n) is 22.2. The van der Waals surface area contributed by atoms with Gasteiger partial charge in [0.1, 0.15) is 0 Å². The van der Waals surface area contributed by atoms with Crippen LogP contribution in [0.5, 0.6) is 0 Å². The van der Waals surface area contributed by atoms with E-state index in [0.717, 1.165) is 31.0 Å². The van der Waals surface area contributed by atoms with Gasteiger partial charge >= 0.3 is 0 Å². The maximum Gasteiger partial charge on any atom is 0.192 e. The molecule has 1 aliphatic heterocycles. The Morgan fingerprint density at radius 3 is 2.34 bits per heavy atom. The Labute approximate surface area is 204 Å². The standard InChI is InChI=1S/C27H48ClNO2Si/c1-10-16-27(22-13-11-15-24(28)20-22,23-14-12-17-29(21-23)25(2,3)4)30-18-19-31-32(8,9)26(5,6)7/h11,13,15,20,23H,10,12,14,16-19,21H2,1-9H3/t23-,27+/m1/s1. The monoisotopic (exact) mass is 481 g/mol. The lowest BCUT2D eigenvalue weighted by Gasteiger charge is -2.49. The highest BCUT2D eigenvalue weighted by Gasteiger charge is 2.44. The summed E-state index contributed by atoms with van der Waals surface area (Å²) in [5, 5.41) is 0.990. The Bertz CT molecular complexity index is 725. The Hall–Kier alpha value is -0.393. The van der Waals surface area contributed by atoms with Crippen molar-refractivity contribution in [3.05, 3.63) is 34.9 Å². The topological polar surface area (TPSA) is 21.7 Å². The molecule has 1 aromatic rings. The van der Waals surface area contributed by atoms with Gasteiger partial charge in [-0.2, -0.15) is 0 Å². The van der Waals surface area contributed by atoms with Crippen LogP contribution in [0.3, 0.4) is 0 Å². The molecule has 184 valence electrons. The highest BCUT2D eigenvalue weighted by molar-refractivity contribution is 6.74. The van der Waals surface area contributed by atoms with Gasteiger partial charge in [0.05, 0.1) is 18.8 Å². The van der Waals surface area contributed by atoms with Crippen LogP contribution in [0.25, 0.3) is 0 Å². The molecule has 2 atom stereocenters. The Morgan fingerprint density at radius 2 is 1.78 bits per heavy atom. The molecule has 32 heavy (non-hydrogen) atoms. The lowest BCUT2D eigenvalue weighted by molar-refractivity contribution is -0.129. The SMILES string of the molecule is CCC[C@](OCCO[Si](C)(C)C(C)(C)C)(c1cccc(Cl)c1)[C@@H]1CCCN(C(C)(C)C)C1. The minimum absolute atomic E-state index is 0.163. The van der Waals surface area contributed by atoms with Crippen molar-refractivity contribution in [2.45, 2.75) is 103 Å². The summed E-state index contributed by atoms with van der Waals surface area (Å²) in [6.07, 6.45) is 4.46. The minimum atomic E-state index is -1.79. The van der Waals surface area contributed by atoms with Crippen molar-refractivity contribution in [3.8, 4) is 0 Å². The van der Waals surface area contributed by atoms with Crippen LogP contribution >= 0.6 is 11.6 Å². The highest BCUT2D eigenvalue weighted by atomic mass is 35.5. The van der Waals surface area contributed by atoms with E-state index in [4.69, 9.17) is 20.8 Å². The fraction of sp³-hybridized carbons (Fsp3) is 0.778. The van der Waals surface area contributed by atoms with Crippen LogP contribution in [-0.2, 0) is 14.8 Å². The van der Waals surface area contributed by atoms with E-state index in [0.29, 0.717) is 19.1 Å². The van der Waals surface area contributed by atoms with Crippen molar-refractivity contribution in [2.24, 2.45) is 5.92 Å². The summed E-state index contributed by atoms with van der Waals surface area (Å²) in [5.74, 6) is 0.432. The molecule has 0 spiro atoms. The molecule has 0 saturated carbocycles. The van der Waals surface area contributed by atoms with E-state index >= 15 is 0 Å². The van der Waals surface area contributed by atoms with Crippen LogP contribution in [0, 0.1) is 5.92 Å². The zero-order valence-corrected chi connectivity index (χ0v) is 23.9. The minimum Gasteiger partial charge on any atom is -0.414 e. The Balaban J connectivity index is 2.31. The van der Waals surface area contributed by atoms with Crippen molar-refractivity contribution in [1.82, 2.24) is 4.90 Å². The summed E-state index contributed by atoms with van der Waals surface area (Å²) in [5.41, 5.74) is 1.05. The molecular weight excluding hydrogens is 434 g/mol. The van der Waals surface area contributed by atoms with E-state index in [1.807, 2.05) is 6.07 Å². The van der Waals surface area contributed by atoms with E-state index < -0.39 is 8.32 Å². The lowest BCUT2D eigenvalue weighted by atomic mass is 9.73. The van der Waals surface area contributed by atoms with E-state index in [9.17, 15) is 0 Å². The smallest absolute Gasteiger partial charge is 0.192 e. The second-order valence-electron chi connectivity index (χ2n) is 12.1. The van der Waals surface area contributed by atoms with Gasteiger partial charge in [-0.05, 0) is 82.4 Å². The van der Waals surface area contributed by atoms with Gasteiger partial charge in [0.15, 0.2) is 8.32 Å². The van der Waals surface area contributed by atoms with Crippen molar-refractivity contribution in [2.75, 3.05) is 26.3 Å². The van der Waals surface area contributed by atoms with Crippen LogP contribution < -0.4 is 0 Å². The van der Waals surface area contributed by atoms with Crippen LogP contribution in [0.2, 0.25) is 23.2 Å². The fourth-order valence-corrected chi connectivity index (χ4v) is 5.90. The number of likely N-dealkylation sites (tertiary alicyclic amines) is 1. The molecule has 1 fully saturated rings. The molecular formula is C27H48ClNO2Si. The van der Waals surface area contributed by atoms with Crippen molar-refractivity contribution in [1.29, 1.82) is 0 Å². The first-order chi connectivity index (χ1) is 14.7. The number of halogens is 1. The fourth-order valence-electron chi connectivity index (χ4n) is 4.68. The average Bonchev–Trinajstić information content (AvgIpc) is 2.69. The van der Waals surface area contributed by atoms with E-state index in [2.05, 4.69) is 84.7 Å². The molecule has 1 aliphatic rings. The summed E-state index contributed by atoms with van der Waals surface area (Å²) < 4.78 is 13.4. The number of piperidine rings is 1. The van der Waals surface area contributed by atoms with Gasteiger partial charge in [0.25, 0.3) is 0 Å². The second kappa shape index (κ2) is 10.9. The molecule has 0 N–H and O–H groups in total. The van der Waals surface area contributed by atoms with Gasteiger partial charge in [-0.15, -0.1) is 0 Å². The number of nitrogens with zero attached hydrogens (tertiary/aromatic N) is 1. The number of ether oxygens (including phenoxy) is 1. The maximum absolute atomic E-state index is 6.93. The number of hydrogen-bond donors (Lipinski definition) is 0. The van der Waals surface area contributed by atoms with Gasteiger partial charge < -0.3 is 9.16 Å². The zero-order chi connectivity index (χ0) is 24.2. The molecule has 3 nitrogen and oxygen atoms in total. The summed E-state index contributed by atoms with van der Waals surface area (Å²) in [7, 11) is -1.79. The lowest BCUT2D eigenvalue weighted by Crippen LogP contribution is -2.53. The van der Waals surface area contributed by atoms with Gasteiger partial charge in [-0.1, -0.05) is 57.8 Å². The van der Waals surface area contributed by atoms with Crippen LogP contribution in [0.4, 0.5) is 0 Å². The predicted molar refractivity (Wildman–Crippen MR) is 141 cm³/mol. The highest BCUT2D eigenvalue weighted by Crippen LogP contribution is 2.44. The quantitative estimate of drug-likeness (QED) is 0.264. The van der Waals surface area contributed by atoms with Gasteiger partial charge in [0.2, 0.25) is 0 Å². The number of hydrogen-bond acceptors (Lipinski definition) is 3. The molecule has 0 aliphatic carbocycles. The molecule has 0 unspecified atom stereocenters. The summed E-state index contributed by atoms with van der Waals surface area (Å²) >= 11 is 6.48. The normalized spacial score (nSPS) is 20.9. The maximum atomic E-state index is 6.93.